The Bertz CT molecular complexity index is 225. The normalized spacial score (nSPS) is 11.0. The standard InChI is InChI=1S/C10H18N2/c1-11(2)8-4-6-10-7-5-9-12(10)3/h5,7,9H,4,6,8H2,1-3H3. The molecule has 0 amide bonds. The van der Waals surface area contributed by atoms with E-state index in [1.54, 1.807) is 0 Å². The topological polar surface area (TPSA) is 8.17 Å². The van der Waals surface area contributed by atoms with E-state index in [1.807, 2.05) is 0 Å². The number of hydrogen-bond acceptors (Lipinski definition) is 1. The summed E-state index contributed by atoms with van der Waals surface area (Å²) < 4.78 is 2.19. The molecule has 0 aliphatic rings. The van der Waals surface area contributed by atoms with Gasteiger partial charge in [0.25, 0.3) is 0 Å². The van der Waals surface area contributed by atoms with Crippen LogP contribution in [0, 0.1) is 0 Å². The maximum atomic E-state index is 2.23. The molecule has 0 unspecified atom stereocenters. The lowest BCUT2D eigenvalue weighted by molar-refractivity contribution is 0.398. The van der Waals surface area contributed by atoms with E-state index in [9.17, 15) is 0 Å². The molecule has 12 heavy (non-hydrogen) atoms. The van der Waals surface area contributed by atoms with E-state index in [0.717, 1.165) is 0 Å². The van der Waals surface area contributed by atoms with Crippen molar-refractivity contribution in [2.45, 2.75) is 12.8 Å². The first-order valence-corrected chi connectivity index (χ1v) is 4.45. The zero-order chi connectivity index (χ0) is 8.97. The average Bonchev–Trinajstić information content (AvgIpc) is 2.36. The van der Waals surface area contributed by atoms with E-state index in [4.69, 9.17) is 0 Å². The van der Waals surface area contributed by atoms with Crippen LogP contribution in [0.2, 0.25) is 0 Å². The van der Waals surface area contributed by atoms with E-state index < -0.39 is 0 Å². The van der Waals surface area contributed by atoms with Gasteiger partial charge < -0.3 is 9.47 Å². The van der Waals surface area contributed by atoms with E-state index in [1.165, 1.54) is 25.1 Å². The van der Waals surface area contributed by atoms with Gasteiger partial charge >= 0.3 is 0 Å². The number of aromatic nitrogens is 1. The van der Waals surface area contributed by atoms with Crippen LogP contribution in [0.3, 0.4) is 0 Å². The zero-order valence-corrected chi connectivity index (χ0v) is 8.25. The van der Waals surface area contributed by atoms with Crippen molar-refractivity contribution in [3.63, 3.8) is 0 Å². The minimum Gasteiger partial charge on any atom is -0.354 e. The third-order valence-electron chi connectivity index (χ3n) is 2.09. The third kappa shape index (κ3) is 2.70. The molecule has 1 heterocycles. The molecule has 0 fully saturated rings. The minimum atomic E-state index is 1.17. The lowest BCUT2D eigenvalue weighted by Crippen LogP contribution is -2.13. The first-order valence-electron chi connectivity index (χ1n) is 4.45. The first-order chi connectivity index (χ1) is 5.70. The maximum absolute atomic E-state index is 2.23. The molecule has 1 aromatic rings. The fraction of sp³-hybridized carbons (Fsp3) is 0.600. The van der Waals surface area contributed by atoms with Crippen LogP contribution < -0.4 is 0 Å². The van der Waals surface area contributed by atoms with Crippen LogP contribution >= 0.6 is 0 Å². The second-order valence-corrected chi connectivity index (χ2v) is 3.52. The molecule has 0 aromatic carbocycles. The van der Waals surface area contributed by atoms with Gasteiger partial charge in [0, 0.05) is 18.9 Å². The highest BCUT2D eigenvalue weighted by atomic mass is 15.0. The van der Waals surface area contributed by atoms with Crippen LogP contribution in [0.1, 0.15) is 12.1 Å². The summed E-state index contributed by atoms with van der Waals surface area (Å²) in [7, 11) is 6.33. The summed E-state index contributed by atoms with van der Waals surface area (Å²) >= 11 is 0. The van der Waals surface area contributed by atoms with E-state index >= 15 is 0 Å². The van der Waals surface area contributed by atoms with Gasteiger partial charge in [0.1, 0.15) is 0 Å². The molecule has 1 aromatic heterocycles. The lowest BCUT2D eigenvalue weighted by atomic mass is 10.2. The molecule has 1 rings (SSSR count). The quantitative estimate of drug-likeness (QED) is 0.658. The second kappa shape index (κ2) is 4.31. The van der Waals surface area contributed by atoms with Gasteiger partial charge in [-0.3, -0.25) is 0 Å². The Morgan fingerprint density at radius 2 is 2.17 bits per heavy atom. The van der Waals surface area contributed by atoms with Crippen LogP contribution in [-0.4, -0.2) is 30.1 Å². The second-order valence-electron chi connectivity index (χ2n) is 3.52. The average molecular weight is 166 g/mol. The van der Waals surface area contributed by atoms with Gasteiger partial charge in [0.2, 0.25) is 0 Å². The Kier molecular flexibility index (Phi) is 3.35. The smallest absolute Gasteiger partial charge is 0.0172 e. The molecule has 2 nitrogen and oxygen atoms in total. The summed E-state index contributed by atoms with van der Waals surface area (Å²) in [5.74, 6) is 0. The third-order valence-corrected chi connectivity index (χ3v) is 2.09. The lowest BCUT2D eigenvalue weighted by Gasteiger charge is -2.09. The van der Waals surface area contributed by atoms with Gasteiger partial charge in [-0.1, -0.05) is 0 Å². The highest BCUT2D eigenvalue weighted by Gasteiger charge is 1.96. The van der Waals surface area contributed by atoms with E-state index in [2.05, 4.69) is 48.9 Å². The zero-order valence-electron chi connectivity index (χ0n) is 8.25. The molecular weight excluding hydrogens is 148 g/mol. The monoisotopic (exact) mass is 166 g/mol. The van der Waals surface area contributed by atoms with Crippen molar-refractivity contribution in [3.8, 4) is 0 Å². The van der Waals surface area contributed by atoms with Crippen LogP contribution in [0.4, 0.5) is 0 Å². The van der Waals surface area contributed by atoms with Crippen molar-refractivity contribution in [2.75, 3.05) is 20.6 Å². The number of rotatable bonds is 4. The van der Waals surface area contributed by atoms with Crippen LogP contribution in [0.5, 0.6) is 0 Å². The summed E-state index contributed by atoms with van der Waals surface area (Å²) in [6.07, 6.45) is 4.53. The summed E-state index contributed by atoms with van der Waals surface area (Å²) in [5, 5.41) is 0. The van der Waals surface area contributed by atoms with Crippen molar-refractivity contribution >= 4 is 0 Å². The molecule has 0 radical (unpaired) electrons. The number of aryl methyl sites for hydroxylation is 2. The SMILES string of the molecule is CN(C)CCCc1cccn1C. The highest BCUT2D eigenvalue weighted by Crippen LogP contribution is 2.03. The summed E-state index contributed by atoms with van der Waals surface area (Å²) in [6.45, 7) is 1.17. The van der Waals surface area contributed by atoms with Gasteiger partial charge in [-0.05, 0) is 45.6 Å². The Balaban J connectivity index is 2.29. The van der Waals surface area contributed by atoms with Gasteiger partial charge in [-0.15, -0.1) is 0 Å². The van der Waals surface area contributed by atoms with Crippen molar-refractivity contribution in [1.29, 1.82) is 0 Å². The number of nitrogens with zero attached hydrogens (tertiary/aromatic N) is 2. The molecule has 0 spiro atoms. The maximum Gasteiger partial charge on any atom is 0.0172 e. The van der Waals surface area contributed by atoms with Gasteiger partial charge in [0.15, 0.2) is 0 Å². The fourth-order valence-electron chi connectivity index (χ4n) is 1.33. The van der Waals surface area contributed by atoms with Crippen molar-refractivity contribution in [3.05, 3.63) is 24.0 Å². The molecule has 0 N–H and O–H groups in total. The minimum absolute atomic E-state index is 1.17. The molecule has 2 heteroatoms. The molecule has 0 aliphatic heterocycles. The van der Waals surface area contributed by atoms with Crippen LogP contribution in [-0.2, 0) is 13.5 Å². The largest absolute Gasteiger partial charge is 0.354 e. The summed E-state index contributed by atoms with van der Waals surface area (Å²) in [6, 6.07) is 4.29. The van der Waals surface area contributed by atoms with Gasteiger partial charge in [-0.25, -0.2) is 0 Å². The highest BCUT2D eigenvalue weighted by molar-refractivity contribution is 5.06. The Morgan fingerprint density at radius 3 is 2.67 bits per heavy atom. The molecule has 0 atom stereocenters. The summed E-state index contributed by atoms with van der Waals surface area (Å²) in [4.78, 5) is 2.23. The predicted molar refractivity (Wildman–Crippen MR) is 52.3 cm³/mol. The van der Waals surface area contributed by atoms with Gasteiger partial charge in [-0.2, -0.15) is 0 Å². The predicted octanol–water partition coefficient (Wildman–Crippen LogP) is 1.52. The van der Waals surface area contributed by atoms with Crippen molar-refractivity contribution < 1.29 is 0 Å². The number of hydrogen-bond donors (Lipinski definition) is 0. The fourth-order valence-corrected chi connectivity index (χ4v) is 1.33. The Hall–Kier alpha value is -0.760. The van der Waals surface area contributed by atoms with Crippen molar-refractivity contribution in [1.82, 2.24) is 9.47 Å². The van der Waals surface area contributed by atoms with Crippen LogP contribution in [0.25, 0.3) is 0 Å². The first kappa shape index (κ1) is 9.33. The van der Waals surface area contributed by atoms with Crippen molar-refractivity contribution in [2.24, 2.45) is 7.05 Å². The van der Waals surface area contributed by atoms with Gasteiger partial charge in [0.05, 0.1) is 0 Å². The molecule has 0 bridgehead atoms. The molecule has 0 saturated heterocycles. The van der Waals surface area contributed by atoms with E-state index in [0.29, 0.717) is 0 Å². The molecule has 68 valence electrons. The van der Waals surface area contributed by atoms with Crippen LogP contribution in [0.15, 0.2) is 18.3 Å². The Morgan fingerprint density at radius 1 is 1.42 bits per heavy atom. The molecule has 0 saturated carbocycles. The molecule has 0 aliphatic carbocycles. The van der Waals surface area contributed by atoms with E-state index in [-0.39, 0.29) is 0 Å². The molecular formula is C10H18N2. The summed E-state index contributed by atoms with van der Waals surface area (Å²) in [5.41, 5.74) is 1.43. The Labute approximate surface area is 74.8 Å².